The number of hydrogen-bond acceptors (Lipinski definition) is 6. The van der Waals surface area contributed by atoms with Gasteiger partial charge in [0.15, 0.2) is 0 Å². The molecule has 1 aliphatic heterocycles. The highest BCUT2D eigenvalue weighted by Crippen LogP contribution is 2.30. The lowest BCUT2D eigenvalue weighted by Gasteiger charge is -2.00. The minimum atomic E-state index is -0.421. The third kappa shape index (κ3) is 3.17. The second-order valence-electron chi connectivity index (χ2n) is 4.81. The Kier molecular flexibility index (Phi) is 4.01. The van der Waals surface area contributed by atoms with Crippen LogP contribution in [-0.4, -0.2) is 15.2 Å². The van der Waals surface area contributed by atoms with Gasteiger partial charge in [0.25, 0.3) is 11.6 Å². The van der Waals surface area contributed by atoms with Gasteiger partial charge in [-0.05, 0) is 31.2 Å². The predicted octanol–water partition coefficient (Wildman–Crippen LogP) is 3.65. The molecule has 1 amide bonds. The van der Waals surface area contributed by atoms with E-state index in [4.69, 9.17) is 16.6 Å². The van der Waals surface area contributed by atoms with Gasteiger partial charge in [0.05, 0.1) is 9.83 Å². The van der Waals surface area contributed by atoms with Gasteiger partial charge in [-0.1, -0.05) is 24.0 Å². The van der Waals surface area contributed by atoms with Crippen molar-refractivity contribution in [3.63, 3.8) is 0 Å². The summed E-state index contributed by atoms with van der Waals surface area (Å²) in [5, 5.41) is 13.4. The summed E-state index contributed by atoms with van der Waals surface area (Å²) in [5.74, 6) is 0.836. The van der Waals surface area contributed by atoms with Crippen LogP contribution in [0.1, 0.15) is 11.3 Å². The normalized spacial score (nSPS) is 16.0. The number of thioether (sulfide) groups is 1. The number of thiocarbonyl (C=S) groups is 1. The molecule has 0 atom stereocenters. The maximum absolute atomic E-state index is 11.6. The van der Waals surface area contributed by atoms with Crippen molar-refractivity contribution in [2.24, 2.45) is 0 Å². The van der Waals surface area contributed by atoms with E-state index in [0.717, 1.165) is 5.56 Å². The van der Waals surface area contributed by atoms with E-state index in [1.165, 1.54) is 17.8 Å². The first-order valence-corrected chi connectivity index (χ1v) is 7.76. The van der Waals surface area contributed by atoms with E-state index >= 15 is 0 Å². The largest absolute Gasteiger partial charge is 0.457 e. The lowest BCUT2D eigenvalue weighted by atomic mass is 10.1. The number of furan rings is 1. The quantitative estimate of drug-likeness (QED) is 0.395. The Hall–Kier alpha value is -2.45. The van der Waals surface area contributed by atoms with Crippen molar-refractivity contribution in [3.8, 4) is 11.3 Å². The Morgan fingerprint density at radius 1 is 1.35 bits per heavy atom. The molecular weight excluding hydrogens is 336 g/mol. The number of aryl methyl sites for hydroxylation is 1. The summed E-state index contributed by atoms with van der Waals surface area (Å²) in [5.41, 5.74) is 1.35. The molecule has 8 heteroatoms. The first-order chi connectivity index (χ1) is 10.9. The fourth-order valence-electron chi connectivity index (χ4n) is 2.15. The van der Waals surface area contributed by atoms with Crippen LogP contribution in [0.4, 0.5) is 5.69 Å². The van der Waals surface area contributed by atoms with E-state index in [-0.39, 0.29) is 11.6 Å². The molecular formula is C15H10N2O4S2. The van der Waals surface area contributed by atoms with Gasteiger partial charge in [0, 0.05) is 23.3 Å². The number of nitrogens with zero attached hydrogens (tertiary/aromatic N) is 1. The number of nitro groups is 1. The van der Waals surface area contributed by atoms with E-state index in [2.05, 4.69) is 5.32 Å². The van der Waals surface area contributed by atoms with Crippen LogP contribution in [-0.2, 0) is 4.79 Å². The highest BCUT2D eigenvalue weighted by atomic mass is 32.2. The first kappa shape index (κ1) is 15.4. The molecule has 0 radical (unpaired) electrons. The summed E-state index contributed by atoms with van der Waals surface area (Å²) in [7, 11) is 0. The number of hydrogen-bond donors (Lipinski definition) is 1. The first-order valence-electron chi connectivity index (χ1n) is 6.54. The molecule has 2 aromatic rings. The van der Waals surface area contributed by atoms with Crippen LogP contribution in [0.25, 0.3) is 17.4 Å². The zero-order chi connectivity index (χ0) is 16.6. The molecule has 3 rings (SSSR count). The van der Waals surface area contributed by atoms with E-state index in [0.29, 0.717) is 26.3 Å². The summed E-state index contributed by atoms with van der Waals surface area (Å²) in [6.07, 6.45) is 1.61. The van der Waals surface area contributed by atoms with Crippen molar-refractivity contribution in [1.82, 2.24) is 5.32 Å². The Balaban J connectivity index is 1.89. The summed E-state index contributed by atoms with van der Waals surface area (Å²) in [6, 6.07) is 8.26. The fraction of sp³-hybridized carbons (Fsp3) is 0.0667. The van der Waals surface area contributed by atoms with Gasteiger partial charge < -0.3 is 9.73 Å². The van der Waals surface area contributed by atoms with Crippen LogP contribution >= 0.6 is 24.0 Å². The lowest BCUT2D eigenvalue weighted by Crippen LogP contribution is -2.17. The molecule has 2 heterocycles. The Labute approximate surface area is 140 Å². The topological polar surface area (TPSA) is 85.4 Å². The van der Waals surface area contributed by atoms with E-state index in [9.17, 15) is 14.9 Å². The Morgan fingerprint density at radius 3 is 2.74 bits per heavy atom. The third-order valence-corrected chi connectivity index (χ3v) is 4.38. The number of benzene rings is 1. The molecule has 1 saturated heterocycles. The number of carbonyl (C=O) groups excluding carboxylic acids is 1. The monoisotopic (exact) mass is 346 g/mol. The number of nitro benzene ring substituents is 1. The average molecular weight is 346 g/mol. The van der Waals surface area contributed by atoms with Crippen molar-refractivity contribution in [1.29, 1.82) is 0 Å². The van der Waals surface area contributed by atoms with Crippen molar-refractivity contribution in [3.05, 3.63) is 56.7 Å². The molecule has 0 bridgehead atoms. The number of nitrogens with one attached hydrogen (secondary N) is 1. The van der Waals surface area contributed by atoms with Gasteiger partial charge in [-0.25, -0.2) is 0 Å². The summed E-state index contributed by atoms with van der Waals surface area (Å²) >= 11 is 6.10. The van der Waals surface area contributed by atoms with Gasteiger partial charge in [0.1, 0.15) is 15.8 Å². The molecule has 116 valence electrons. The predicted molar refractivity (Wildman–Crippen MR) is 91.8 cm³/mol. The fourth-order valence-corrected chi connectivity index (χ4v) is 3.17. The van der Waals surface area contributed by atoms with Gasteiger partial charge in [-0.3, -0.25) is 14.9 Å². The summed E-state index contributed by atoms with van der Waals surface area (Å²) < 4.78 is 6.10. The Morgan fingerprint density at radius 2 is 2.13 bits per heavy atom. The van der Waals surface area contributed by atoms with E-state index < -0.39 is 4.92 Å². The molecule has 0 spiro atoms. The maximum atomic E-state index is 11.6. The van der Waals surface area contributed by atoms with Crippen molar-refractivity contribution >= 4 is 46.0 Å². The molecule has 1 aromatic heterocycles. The van der Waals surface area contributed by atoms with E-state index in [1.807, 2.05) is 0 Å². The van der Waals surface area contributed by atoms with Crippen LogP contribution in [0.5, 0.6) is 0 Å². The zero-order valence-electron chi connectivity index (χ0n) is 11.9. The Bertz CT molecular complexity index is 870. The molecule has 0 aliphatic carbocycles. The molecule has 0 saturated carbocycles. The van der Waals surface area contributed by atoms with E-state index in [1.54, 1.807) is 37.3 Å². The summed E-state index contributed by atoms with van der Waals surface area (Å²) in [4.78, 5) is 22.5. The van der Waals surface area contributed by atoms with Crippen LogP contribution in [0.15, 0.2) is 39.7 Å². The third-order valence-electron chi connectivity index (χ3n) is 3.22. The summed E-state index contributed by atoms with van der Waals surface area (Å²) in [6.45, 7) is 1.67. The van der Waals surface area contributed by atoms with Crippen LogP contribution in [0, 0.1) is 17.0 Å². The number of rotatable bonds is 3. The standard InChI is InChI=1S/C15H10N2O4S2/c1-8-6-9(2-4-11(8)17(19)20)12-5-3-10(21-12)7-13-14(18)16-15(22)23-13/h2-7H,1H3,(H,16,18,22)/b13-7-. The highest BCUT2D eigenvalue weighted by Gasteiger charge is 2.22. The van der Waals surface area contributed by atoms with Gasteiger partial charge in [-0.15, -0.1) is 0 Å². The van der Waals surface area contributed by atoms with Crippen molar-refractivity contribution in [2.75, 3.05) is 0 Å². The number of amides is 1. The zero-order valence-corrected chi connectivity index (χ0v) is 13.5. The van der Waals surface area contributed by atoms with Gasteiger partial charge in [-0.2, -0.15) is 0 Å². The lowest BCUT2D eigenvalue weighted by molar-refractivity contribution is -0.385. The molecule has 0 unspecified atom stereocenters. The van der Waals surface area contributed by atoms with Crippen LogP contribution < -0.4 is 5.32 Å². The van der Waals surface area contributed by atoms with Gasteiger partial charge >= 0.3 is 0 Å². The SMILES string of the molecule is Cc1cc(-c2ccc(/C=C3\SC(=S)NC3=O)o2)ccc1[N+](=O)[O-]. The highest BCUT2D eigenvalue weighted by molar-refractivity contribution is 8.26. The van der Waals surface area contributed by atoms with Crippen molar-refractivity contribution in [2.45, 2.75) is 6.92 Å². The van der Waals surface area contributed by atoms with Crippen LogP contribution in [0.3, 0.4) is 0 Å². The molecule has 6 nitrogen and oxygen atoms in total. The molecule has 1 aromatic carbocycles. The second-order valence-corrected chi connectivity index (χ2v) is 6.53. The van der Waals surface area contributed by atoms with Crippen LogP contribution in [0.2, 0.25) is 0 Å². The molecule has 1 fully saturated rings. The molecule has 23 heavy (non-hydrogen) atoms. The van der Waals surface area contributed by atoms with Crippen molar-refractivity contribution < 1.29 is 14.1 Å². The minimum Gasteiger partial charge on any atom is -0.457 e. The number of carbonyl (C=O) groups is 1. The van der Waals surface area contributed by atoms with Gasteiger partial charge in [0.2, 0.25) is 0 Å². The average Bonchev–Trinajstić information content (AvgIpc) is 3.06. The maximum Gasteiger partial charge on any atom is 0.272 e. The molecule has 1 N–H and O–H groups in total. The smallest absolute Gasteiger partial charge is 0.272 e. The second kappa shape index (κ2) is 5.98. The molecule has 1 aliphatic rings. The minimum absolute atomic E-state index is 0.0650.